The number of furan rings is 1. The average Bonchev–Trinajstić information content (AvgIpc) is 2.71. The van der Waals surface area contributed by atoms with Crippen LogP contribution in [-0.2, 0) is 0 Å². The average molecular weight is 263 g/mol. The molecule has 0 bridgehead atoms. The molecule has 0 aliphatic carbocycles. The minimum atomic E-state index is -0.294. The molecule has 2 aromatic rings. The molecule has 1 heterocycles. The van der Waals surface area contributed by atoms with Crippen molar-refractivity contribution in [1.82, 2.24) is 5.32 Å². The third-order valence-corrected chi connectivity index (χ3v) is 3.20. The van der Waals surface area contributed by atoms with Crippen LogP contribution in [0.1, 0.15) is 28.7 Å². The topological polar surface area (TPSA) is 34.4 Å². The van der Waals surface area contributed by atoms with Crippen molar-refractivity contribution in [2.75, 3.05) is 14.2 Å². The lowest BCUT2D eigenvalue weighted by Crippen LogP contribution is -2.19. The second-order valence-corrected chi connectivity index (χ2v) is 4.48. The van der Waals surface area contributed by atoms with E-state index in [1.807, 2.05) is 19.9 Å². The third kappa shape index (κ3) is 2.63. The molecule has 1 aromatic carbocycles. The molecule has 1 atom stereocenters. The lowest BCUT2D eigenvalue weighted by Gasteiger charge is -2.17. The molecule has 0 radical (unpaired) electrons. The van der Waals surface area contributed by atoms with E-state index in [-0.39, 0.29) is 11.9 Å². The van der Waals surface area contributed by atoms with Gasteiger partial charge in [0.1, 0.15) is 23.1 Å². The summed E-state index contributed by atoms with van der Waals surface area (Å²) in [5, 5.41) is 3.13. The molecule has 0 saturated carbocycles. The first-order chi connectivity index (χ1) is 9.06. The number of halogens is 1. The predicted octanol–water partition coefficient (Wildman–Crippen LogP) is 3.35. The van der Waals surface area contributed by atoms with Crippen molar-refractivity contribution < 1.29 is 13.5 Å². The molecule has 0 saturated heterocycles. The van der Waals surface area contributed by atoms with E-state index in [4.69, 9.17) is 9.15 Å². The van der Waals surface area contributed by atoms with Gasteiger partial charge >= 0.3 is 0 Å². The van der Waals surface area contributed by atoms with E-state index in [0.29, 0.717) is 11.3 Å². The van der Waals surface area contributed by atoms with E-state index in [0.717, 1.165) is 17.1 Å². The number of hydrogen-bond acceptors (Lipinski definition) is 3. The van der Waals surface area contributed by atoms with E-state index in [1.165, 1.54) is 13.2 Å². The smallest absolute Gasteiger partial charge is 0.132 e. The van der Waals surface area contributed by atoms with Crippen molar-refractivity contribution in [2.24, 2.45) is 0 Å². The first-order valence-corrected chi connectivity index (χ1v) is 6.14. The van der Waals surface area contributed by atoms with Gasteiger partial charge in [-0.15, -0.1) is 0 Å². The molecule has 102 valence electrons. The van der Waals surface area contributed by atoms with Gasteiger partial charge in [-0.2, -0.15) is 0 Å². The van der Waals surface area contributed by atoms with E-state index >= 15 is 0 Å². The second kappa shape index (κ2) is 5.45. The largest absolute Gasteiger partial charge is 0.497 e. The summed E-state index contributed by atoms with van der Waals surface area (Å²) in [7, 11) is 3.32. The summed E-state index contributed by atoms with van der Waals surface area (Å²) in [6, 6.07) is 6.58. The Bertz CT molecular complexity index is 578. The van der Waals surface area contributed by atoms with Crippen LogP contribution in [0, 0.1) is 19.7 Å². The Balaban J connectivity index is 2.45. The summed E-state index contributed by atoms with van der Waals surface area (Å²) < 4.78 is 24.7. The molecule has 0 amide bonds. The summed E-state index contributed by atoms with van der Waals surface area (Å²) in [4.78, 5) is 0. The quantitative estimate of drug-likeness (QED) is 0.918. The molecule has 0 fully saturated rings. The van der Waals surface area contributed by atoms with Gasteiger partial charge in [0.2, 0.25) is 0 Å². The van der Waals surface area contributed by atoms with Gasteiger partial charge in [0.25, 0.3) is 0 Å². The van der Waals surface area contributed by atoms with Gasteiger partial charge in [0.05, 0.1) is 13.2 Å². The normalized spacial score (nSPS) is 12.5. The van der Waals surface area contributed by atoms with Gasteiger partial charge in [-0.05, 0) is 33.0 Å². The fourth-order valence-electron chi connectivity index (χ4n) is 2.28. The standard InChI is InChI=1S/C15H18FNO2/c1-9-7-13(10(2)19-9)15(17-3)12-6-5-11(18-4)8-14(12)16/h5-8,15,17H,1-4H3. The number of methoxy groups -OCH3 is 1. The molecule has 2 rings (SSSR count). The third-order valence-electron chi connectivity index (χ3n) is 3.20. The molecule has 19 heavy (non-hydrogen) atoms. The minimum Gasteiger partial charge on any atom is -0.497 e. The SMILES string of the molecule is CNC(c1ccc(OC)cc1F)c1cc(C)oc1C. The number of benzene rings is 1. The number of hydrogen-bond donors (Lipinski definition) is 1. The molecule has 0 aliphatic rings. The zero-order chi connectivity index (χ0) is 14.0. The van der Waals surface area contributed by atoms with Gasteiger partial charge < -0.3 is 14.5 Å². The Morgan fingerprint density at radius 2 is 1.95 bits per heavy atom. The summed E-state index contributed by atoms with van der Waals surface area (Å²) in [5.41, 5.74) is 1.52. The minimum absolute atomic E-state index is 0.233. The molecule has 0 spiro atoms. The highest BCUT2D eigenvalue weighted by Crippen LogP contribution is 2.30. The molecule has 4 heteroatoms. The van der Waals surface area contributed by atoms with Gasteiger partial charge in [-0.3, -0.25) is 0 Å². The number of ether oxygens (including phenoxy) is 1. The maximum atomic E-state index is 14.1. The highest BCUT2D eigenvalue weighted by molar-refractivity contribution is 5.38. The number of rotatable bonds is 4. The molecule has 1 unspecified atom stereocenters. The molecule has 1 N–H and O–H groups in total. The van der Waals surface area contributed by atoms with Crippen LogP contribution in [-0.4, -0.2) is 14.2 Å². The van der Waals surface area contributed by atoms with Crippen molar-refractivity contribution in [2.45, 2.75) is 19.9 Å². The van der Waals surface area contributed by atoms with Crippen LogP contribution in [0.5, 0.6) is 5.75 Å². The summed E-state index contributed by atoms with van der Waals surface area (Å²) >= 11 is 0. The van der Waals surface area contributed by atoms with Gasteiger partial charge in [0, 0.05) is 17.2 Å². The van der Waals surface area contributed by atoms with Crippen LogP contribution in [0.4, 0.5) is 4.39 Å². The lowest BCUT2D eigenvalue weighted by molar-refractivity contribution is 0.410. The van der Waals surface area contributed by atoms with E-state index in [9.17, 15) is 4.39 Å². The Morgan fingerprint density at radius 1 is 1.21 bits per heavy atom. The van der Waals surface area contributed by atoms with Crippen LogP contribution in [0.25, 0.3) is 0 Å². The Kier molecular flexibility index (Phi) is 3.90. The second-order valence-electron chi connectivity index (χ2n) is 4.48. The monoisotopic (exact) mass is 263 g/mol. The van der Waals surface area contributed by atoms with Crippen LogP contribution in [0.2, 0.25) is 0 Å². The first kappa shape index (κ1) is 13.6. The summed E-state index contributed by atoms with van der Waals surface area (Å²) in [6.45, 7) is 3.77. The first-order valence-electron chi connectivity index (χ1n) is 6.14. The lowest BCUT2D eigenvalue weighted by atomic mass is 9.98. The van der Waals surface area contributed by atoms with Crippen LogP contribution in [0.3, 0.4) is 0 Å². The van der Waals surface area contributed by atoms with Gasteiger partial charge in [-0.25, -0.2) is 4.39 Å². The van der Waals surface area contributed by atoms with Crippen LogP contribution < -0.4 is 10.1 Å². The summed E-state index contributed by atoms with van der Waals surface area (Å²) in [5.74, 6) is 1.84. The number of aryl methyl sites for hydroxylation is 2. The fourth-order valence-corrected chi connectivity index (χ4v) is 2.28. The van der Waals surface area contributed by atoms with Crippen molar-refractivity contribution >= 4 is 0 Å². The van der Waals surface area contributed by atoms with Crippen molar-refractivity contribution in [3.05, 3.63) is 52.7 Å². The summed E-state index contributed by atoms with van der Waals surface area (Å²) in [6.07, 6.45) is 0. The zero-order valence-electron chi connectivity index (χ0n) is 11.6. The highest BCUT2D eigenvalue weighted by atomic mass is 19.1. The molecular formula is C15H18FNO2. The Hall–Kier alpha value is -1.81. The maximum absolute atomic E-state index is 14.1. The Morgan fingerprint density at radius 3 is 2.42 bits per heavy atom. The van der Waals surface area contributed by atoms with Gasteiger partial charge in [-0.1, -0.05) is 6.07 Å². The zero-order valence-corrected chi connectivity index (χ0v) is 11.6. The maximum Gasteiger partial charge on any atom is 0.132 e. The molecule has 3 nitrogen and oxygen atoms in total. The van der Waals surface area contributed by atoms with Crippen LogP contribution >= 0.6 is 0 Å². The molecular weight excluding hydrogens is 245 g/mol. The molecule has 0 aliphatic heterocycles. The van der Waals surface area contributed by atoms with Crippen molar-refractivity contribution in [3.63, 3.8) is 0 Å². The fraction of sp³-hybridized carbons (Fsp3) is 0.333. The van der Waals surface area contributed by atoms with E-state index < -0.39 is 0 Å². The highest BCUT2D eigenvalue weighted by Gasteiger charge is 2.20. The van der Waals surface area contributed by atoms with E-state index in [1.54, 1.807) is 19.2 Å². The number of nitrogens with one attached hydrogen (secondary N) is 1. The van der Waals surface area contributed by atoms with Crippen molar-refractivity contribution in [3.8, 4) is 5.75 Å². The van der Waals surface area contributed by atoms with Crippen molar-refractivity contribution in [1.29, 1.82) is 0 Å². The Labute approximate surface area is 112 Å². The molecule has 1 aromatic heterocycles. The van der Waals surface area contributed by atoms with E-state index in [2.05, 4.69) is 5.32 Å². The van der Waals surface area contributed by atoms with Crippen LogP contribution in [0.15, 0.2) is 28.7 Å². The van der Waals surface area contributed by atoms with Gasteiger partial charge in [0.15, 0.2) is 0 Å². The predicted molar refractivity (Wildman–Crippen MR) is 72.0 cm³/mol.